The number of carboxylic acids is 1. The zero-order chi connectivity index (χ0) is 12.6. The van der Waals surface area contributed by atoms with Gasteiger partial charge in [0.25, 0.3) is 0 Å². The molecule has 0 bridgehead atoms. The van der Waals surface area contributed by atoms with Crippen LogP contribution >= 0.6 is 0 Å². The van der Waals surface area contributed by atoms with Gasteiger partial charge in [-0.25, -0.2) is 0 Å². The van der Waals surface area contributed by atoms with E-state index in [-0.39, 0.29) is 6.04 Å². The molecular formula is C13H27NO2. The lowest BCUT2D eigenvalue weighted by Gasteiger charge is -2.20. The number of aliphatic carboxylic acids is 1. The quantitative estimate of drug-likeness (QED) is 0.597. The van der Waals surface area contributed by atoms with Gasteiger partial charge in [0.1, 0.15) is 0 Å². The second-order valence-electron chi connectivity index (χ2n) is 4.98. The molecule has 0 aliphatic carbocycles. The lowest BCUT2D eigenvalue weighted by molar-refractivity contribution is -0.141. The highest BCUT2D eigenvalue weighted by atomic mass is 16.4. The van der Waals surface area contributed by atoms with Crippen LogP contribution in [-0.4, -0.2) is 17.1 Å². The molecule has 0 saturated carbocycles. The van der Waals surface area contributed by atoms with E-state index in [4.69, 9.17) is 10.8 Å². The summed E-state index contributed by atoms with van der Waals surface area (Å²) in [5.74, 6) is -0.683. The number of hydrogen-bond donors (Lipinski definition) is 2. The van der Waals surface area contributed by atoms with Crippen LogP contribution in [0, 0.1) is 11.8 Å². The number of carbonyl (C=O) groups is 1. The largest absolute Gasteiger partial charge is 0.481 e. The molecule has 0 aromatic heterocycles. The van der Waals surface area contributed by atoms with Crippen LogP contribution in [0.15, 0.2) is 0 Å². The fourth-order valence-electron chi connectivity index (χ4n) is 1.89. The summed E-state index contributed by atoms with van der Waals surface area (Å²) in [6, 6.07) is -0.210. The molecule has 16 heavy (non-hydrogen) atoms. The highest BCUT2D eigenvalue weighted by Crippen LogP contribution is 2.18. The molecule has 0 aliphatic rings. The number of nitrogens with two attached hydrogens (primary N) is 1. The maximum atomic E-state index is 10.7. The molecule has 0 heterocycles. The smallest absolute Gasteiger partial charge is 0.307 e. The van der Waals surface area contributed by atoms with E-state index in [1.165, 1.54) is 32.1 Å². The van der Waals surface area contributed by atoms with E-state index < -0.39 is 11.9 Å². The summed E-state index contributed by atoms with van der Waals surface area (Å²) in [6.07, 6.45) is 7.06. The van der Waals surface area contributed by atoms with Crippen LogP contribution in [0.25, 0.3) is 0 Å². The fraction of sp³-hybridized carbons (Fsp3) is 0.923. The zero-order valence-corrected chi connectivity index (χ0v) is 10.9. The zero-order valence-electron chi connectivity index (χ0n) is 10.9. The molecule has 0 amide bonds. The van der Waals surface area contributed by atoms with Crippen LogP contribution in [0.2, 0.25) is 0 Å². The van der Waals surface area contributed by atoms with Crippen molar-refractivity contribution in [3.05, 3.63) is 0 Å². The van der Waals surface area contributed by atoms with Gasteiger partial charge in [-0.1, -0.05) is 52.9 Å². The minimum absolute atomic E-state index is 0.210. The van der Waals surface area contributed by atoms with Gasteiger partial charge < -0.3 is 10.8 Å². The van der Waals surface area contributed by atoms with Crippen molar-refractivity contribution in [2.75, 3.05) is 0 Å². The molecule has 0 aromatic carbocycles. The van der Waals surface area contributed by atoms with Gasteiger partial charge in [0.05, 0.1) is 5.92 Å². The normalized spacial score (nSPS) is 16.8. The molecular weight excluding hydrogens is 202 g/mol. The SMILES string of the molecule is CCCCCCC(C)C[C@H](N)C(C)C(=O)O. The van der Waals surface area contributed by atoms with Gasteiger partial charge in [-0.3, -0.25) is 4.79 Å². The van der Waals surface area contributed by atoms with Gasteiger partial charge in [0.15, 0.2) is 0 Å². The molecule has 3 nitrogen and oxygen atoms in total. The van der Waals surface area contributed by atoms with Crippen molar-refractivity contribution in [2.24, 2.45) is 17.6 Å². The molecule has 0 aliphatic heterocycles. The fourth-order valence-corrected chi connectivity index (χ4v) is 1.89. The Labute approximate surface area is 99.4 Å². The average Bonchev–Trinajstić information content (AvgIpc) is 2.23. The van der Waals surface area contributed by atoms with Gasteiger partial charge in [0.2, 0.25) is 0 Å². The first kappa shape index (κ1) is 15.4. The molecule has 0 aromatic rings. The molecule has 0 spiro atoms. The van der Waals surface area contributed by atoms with Crippen LogP contribution in [0.1, 0.15) is 59.3 Å². The molecule has 96 valence electrons. The van der Waals surface area contributed by atoms with Crippen LogP contribution < -0.4 is 5.73 Å². The summed E-state index contributed by atoms with van der Waals surface area (Å²) in [7, 11) is 0. The Morgan fingerprint density at radius 3 is 2.38 bits per heavy atom. The number of carboxylic acid groups (broad SMARTS) is 1. The minimum atomic E-state index is -0.786. The maximum absolute atomic E-state index is 10.7. The number of hydrogen-bond acceptors (Lipinski definition) is 2. The standard InChI is InChI=1S/C13H27NO2/c1-4-5-6-7-8-10(2)9-12(14)11(3)13(15)16/h10-12H,4-9,14H2,1-3H3,(H,15,16)/t10?,11?,12-/m0/s1. The third-order valence-electron chi connectivity index (χ3n) is 3.26. The Morgan fingerprint density at radius 1 is 1.25 bits per heavy atom. The summed E-state index contributed by atoms with van der Waals surface area (Å²) in [6.45, 7) is 6.06. The van der Waals surface area contributed by atoms with E-state index in [0.29, 0.717) is 5.92 Å². The third-order valence-corrected chi connectivity index (χ3v) is 3.26. The predicted molar refractivity (Wildman–Crippen MR) is 67.3 cm³/mol. The van der Waals surface area contributed by atoms with E-state index >= 15 is 0 Å². The van der Waals surface area contributed by atoms with Crippen molar-refractivity contribution in [1.82, 2.24) is 0 Å². The summed E-state index contributed by atoms with van der Waals surface area (Å²) in [5.41, 5.74) is 5.87. The van der Waals surface area contributed by atoms with Gasteiger partial charge in [-0.15, -0.1) is 0 Å². The van der Waals surface area contributed by atoms with Crippen LogP contribution in [0.3, 0.4) is 0 Å². The molecule has 0 rings (SSSR count). The van der Waals surface area contributed by atoms with Crippen LogP contribution in [-0.2, 0) is 4.79 Å². The predicted octanol–water partition coefficient (Wildman–Crippen LogP) is 3.03. The van der Waals surface area contributed by atoms with Crippen LogP contribution in [0.4, 0.5) is 0 Å². The summed E-state index contributed by atoms with van der Waals surface area (Å²) in [4.78, 5) is 10.7. The molecule has 0 saturated heterocycles. The molecule has 3 N–H and O–H groups in total. The lowest BCUT2D eigenvalue weighted by atomic mass is 9.90. The van der Waals surface area contributed by atoms with Gasteiger partial charge in [0, 0.05) is 6.04 Å². The van der Waals surface area contributed by atoms with Crippen LogP contribution in [0.5, 0.6) is 0 Å². The maximum Gasteiger partial charge on any atom is 0.307 e. The molecule has 2 unspecified atom stereocenters. The highest BCUT2D eigenvalue weighted by Gasteiger charge is 2.21. The second kappa shape index (κ2) is 8.57. The first-order chi connectivity index (χ1) is 7.49. The Hall–Kier alpha value is -0.570. The minimum Gasteiger partial charge on any atom is -0.481 e. The lowest BCUT2D eigenvalue weighted by Crippen LogP contribution is -2.34. The topological polar surface area (TPSA) is 63.3 Å². The monoisotopic (exact) mass is 229 g/mol. The van der Waals surface area contributed by atoms with E-state index in [1.54, 1.807) is 6.92 Å². The second-order valence-corrected chi connectivity index (χ2v) is 4.98. The van der Waals surface area contributed by atoms with Crippen molar-refractivity contribution in [3.63, 3.8) is 0 Å². The molecule has 0 fully saturated rings. The van der Waals surface area contributed by atoms with Gasteiger partial charge >= 0.3 is 5.97 Å². The van der Waals surface area contributed by atoms with Crippen molar-refractivity contribution in [2.45, 2.75) is 65.3 Å². The van der Waals surface area contributed by atoms with Crippen molar-refractivity contribution in [3.8, 4) is 0 Å². The third kappa shape index (κ3) is 6.83. The van der Waals surface area contributed by atoms with E-state index in [2.05, 4.69) is 13.8 Å². The Kier molecular flexibility index (Phi) is 8.26. The summed E-state index contributed by atoms with van der Waals surface area (Å²) in [5, 5.41) is 8.83. The molecule has 3 atom stereocenters. The summed E-state index contributed by atoms with van der Waals surface area (Å²) < 4.78 is 0. The van der Waals surface area contributed by atoms with Crippen molar-refractivity contribution < 1.29 is 9.90 Å². The Bertz CT molecular complexity index is 194. The summed E-state index contributed by atoms with van der Waals surface area (Å²) >= 11 is 0. The van der Waals surface area contributed by atoms with E-state index in [0.717, 1.165) is 6.42 Å². The van der Waals surface area contributed by atoms with E-state index in [1.807, 2.05) is 0 Å². The van der Waals surface area contributed by atoms with Crippen molar-refractivity contribution >= 4 is 5.97 Å². The molecule has 0 radical (unpaired) electrons. The number of rotatable bonds is 9. The Morgan fingerprint density at radius 2 is 1.88 bits per heavy atom. The van der Waals surface area contributed by atoms with E-state index in [9.17, 15) is 4.79 Å². The van der Waals surface area contributed by atoms with Gasteiger partial charge in [-0.2, -0.15) is 0 Å². The van der Waals surface area contributed by atoms with Gasteiger partial charge in [-0.05, 0) is 12.3 Å². The highest BCUT2D eigenvalue weighted by molar-refractivity contribution is 5.70. The first-order valence-electron chi connectivity index (χ1n) is 6.47. The van der Waals surface area contributed by atoms with Crippen molar-refractivity contribution in [1.29, 1.82) is 0 Å². The average molecular weight is 229 g/mol. The number of unbranched alkanes of at least 4 members (excludes halogenated alkanes) is 3. The Balaban J connectivity index is 3.69. The first-order valence-corrected chi connectivity index (χ1v) is 6.47. The molecule has 3 heteroatoms.